The van der Waals surface area contributed by atoms with Gasteiger partial charge in [0.1, 0.15) is 5.75 Å². The van der Waals surface area contributed by atoms with E-state index in [4.69, 9.17) is 4.74 Å². The first-order chi connectivity index (χ1) is 14.2. The Kier molecular flexibility index (Phi) is 5.29. The van der Waals surface area contributed by atoms with Gasteiger partial charge in [-0.2, -0.15) is 0 Å². The fourth-order valence-electron chi connectivity index (χ4n) is 3.56. The largest absolute Gasteiger partial charge is 0.497 e. The van der Waals surface area contributed by atoms with Gasteiger partial charge in [-0.1, -0.05) is 36.4 Å². The van der Waals surface area contributed by atoms with E-state index in [-0.39, 0.29) is 11.8 Å². The minimum Gasteiger partial charge on any atom is -0.497 e. The Hall–Kier alpha value is -3.60. The van der Waals surface area contributed by atoms with Crippen molar-refractivity contribution in [3.8, 4) is 5.75 Å². The second-order valence-corrected chi connectivity index (χ2v) is 6.95. The number of amides is 2. The fraction of sp³-hybridized carbons (Fsp3) is 0.167. The number of carbonyl (C=O) groups is 2. The molecule has 0 bridgehead atoms. The number of fused-ring (bicyclic) bond motifs is 1. The van der Waals surface area contributed by atoms with Crippen LogP contribution in [0.15, 0.2) is 72.8 Å². The minimum atomic E-state index is -0.148. The lowest BCUT2D eigenvalue weighted by atomic mass is 10.1. The molecule has 29 heavy (non-hydrogen) atoms. The number of hydrogen-bond donors (Lipinski definition) is 1. The second kappa shape index (κ2) is 8.19. The third kappa shape index (κ3) is 3.99. The van der Waals surface area contributed by atoms with Crippen LogP contribution in [-0.2, 0) is 13.0 Å². The standard InChI is InChI=1S/C24H22N2O3/c1-29-21-9-5-8-20(15-21)23(27)25-16-17-10-11-22-19(14-17)12-13-26(22)24(28)18-6-3-2-4-7-18/h2-11,14-15H,12-13,16H2,1H3,(H,25,27). The smallest absolute Gasteiger partial charge is 0.258 e. The highest BCUT2D eigenvalue weighted by Crippen LogP contribution is 2.30. The first-order valence-electron chi connectivity index (χ1n) is 9.56. The first kappa shape index (κ1) is 18.7. The van der Waals surface area contributed by atoms with E-state index in [9.17, 15) is 9.59 Å². The summed E-state index contributed by atoms with van der Waals surface area (Å²) in [6, 6.07) is 22.4. The predicted octanol–water partition coefficient (Wildman–Crippen LogP) is 3.83. The third-order valence-electron chi connectivity index (χ3n) is 5.09. The van der Waals surface area contributed by atoms with Gasteiger partial charge < -0.3 is 15.0 Å². The van der Waals surface area contributed by atoms with Gasteiger partial charge in [-0.15, -0.1) is 0 Å². The molecule has 2 amide bonds. The van der Waals surface area contributed by atoms with Crippen molar-refractivity contribution in [3.05, 3.63) is 95.1 Å². The molecule has 0 radical (unpaired) electrons. The number of anilines is 1. The van der Waals surface area contributed by atoms with Crippen molar-refractivity contribution >= 4 is 17.5 Å². The van der Waals surface area contributed by atoms with Gasteiger partial charge in [0.15, 0.2) is 0 Å². The van der Waals surface area contributed by atoms with Crippen molar-refractivity contribution < 1.29 is 14.3 Å². The molecule has 0 spiro atoms. The second-order valence-electron chi connectivity index (χ2n) is 6.95. The summed E-state index contributed by atoms with van der Waals surface area (Å²) in [5.74, 6) is 0.520. The number of nitrogens with one attached hydrogen (secondary N) is 1. The van der Waals surface area contributed by atoms with E-state index in [2.05, 4.69) is 11.4 Å². The number of nitrogens with zero attached hydrogens (tertiary/aromatic N) is 1. The molecule has 1 aliphatic rings. The van der Waals surface area contributed by atoms with Crippen LogP contribution in [0.4, 0.5) is 5.69 Å². The lowest BCUT2D eigenvalue weighted by Gasteiger charge is -2.17. The molecule has 0 unspecified atom stereocenters. The highest BCUT2D eigenvalue weighted by atomic mass is 16.5. The van der Waals surface area contributed by atoms with Crippen molar-refractivity contribution in [3.63, 3.8) is 0 Å². The van der Waals surface area contributed by atoms with Crippen LogP contribution >= 0.6 is 0 Å². The minimum absolute atomic E-state index is 0.0171. The van der Waals surface area contributed by atoms with Gasteiger partial charge in [-0.05, 0) is 53.9 Å². The lowest BCUT2D eigenvalue weighted by Crippen LogP contribution is -2.28. The van der Waals surface area contributed by atoms with E-state index in [1.807, 2.05) is 47.4 Å². The number of hydrogen-bond acceptors (Lipinski definition) is 3. The molecule has 1 N–H and O–H groups in total. The van der Waals surface area contributed by atoms with Crippen molar-refractivity contribution in [2.45, 2.75) is 13.0 Å². The first-order valence-corrected chi connectivity index (χ1v) is 9.56. The topological polar surface area (TPSA) is 58.6 Å². The molecule has 1 heterocycles. The molecule has 4 rings (SSSR count). The van der Waals surface area contributed by atoms with Crippen molar-refractivity contribution in [2.24, 2.45) is 0 Å². The summed E-state index contributed by atoms with van der Waals surface area (Å²) in [6.07, 6.45) is 0.811. The molecule has 5 heteroatoms. The molecule has 5 nitrogen and oxygen atoms in total. The van der Waals surface area contributed by atoms with Gasteiger partial charge in [0.05, 0.1) is 7.11 Å². The Morgan fingerprint density at radius 2 is 1.76 bits per heavy atom. The summed E-state index contributed by atoms with van der Waals surface area (Å²) in [6.45, 7) is 1.10. The van der Waals surface area contributed by atoms with Crippen molar-refractivity contribution in [2.75, 3.05) is 18.6 Å². The van der Waals surface area contributed by atoms with Crippen LogP contribution in [0.5, 0.6) is 5.75 Å². The maximum Gasteiger partial charge on any atom is 0.258 e. The Bertz CT molecular complexity index is 1050. The van der Waals surface area contributed by atoms with Crippen molar-refractivity contribution in [1.29, 1.82) is 0 Å². The number of ether oxygens (including phenoxy) is 1. The van der Waals surface area contributed by atoms with Crippen LogP contribution in [0.1, 0.15) is 31.8 Å². The quantitative estimate of drug-likeness (QED) is 0.725. The number of carbonyl (C=O) groups excluding carboxylic acids is 2. The molecule has 0 aliphatic carbocycles. The van der Waals surface area contributed by atoms with E-state index in [1.165, 1.54) is 0 Å². The van der Waals surface area contributed by atoms with Gasteiger partial charge in [-0.3, -0.25) is 9.59 Å². The summed E-state index contributed by atoms with van der Waals surface area (Å²) in [4.78, 5) is 27.0. The zero-order chi connectivity index (χ0) is 20.2. The van der Waals surface area contributed by atoms with E-state index in [1.54, 1.807) is 31.4 Å². The summed E-state index contributed by atoms with van der Waals surface area (Å²) >= 11 is 0. The fourth-order valence-corrected chi connectivity index (χ4v) is 3.56. The SMILES string of the molecule is COc1cccc(C(=O)NCc2ccc3c(c2)CCN3C(=O)c2ccccc2)c1. The summed E-state index contributed by atoms with van der Waals surface area (Å²) < 4.78 is 5.17. The normalized spacial score (nSPS) is 12.4. The van der Waals surface area contributed by atoms with Gasteiger partial charge in [-0.25, -0.2) is 0 Å². The van der Waals surface area contributed by atoms with E-state index >= 15 is 0 Å². The molecule has 0 saturated heterocycles. The van der Waals surface area contributed by atoms with Crippen LogP contribution in [0, 0.1) is 0 Å². The molecule has 146 valence electrons. The number of methoxy groups -OCH3 is 1. The van der Waals surface area contributed by atoms with Gasteiger partial charge >= 0.3 is 0 Å². The number of rotatable bonds is 5. The van der Waals surface area contributed by atoms with Crippen LogP contribution in [0.2, 0.25) is 0 Å². The van der Waals surface area contributed by atoms with E-state index in [0.717, 1.165) is 23.2 Å². The Labute approximate surface area is 169 Å². The summed E-state index contributed by atoms with van der Waals surface area (Å²) in [7, 11) is 1.58. The monoisotopic (exact) mass is 386 g/mol. The van der Waals surface area contributed by atoms with Gasteiger partial charge in [0.25, 0.3) is 11.8 Å². The third-order valence-corrected chi connectivity index (χ3v) is 5.09. The maximum absolute atomic E-state index is 12.8. The van der Waals surface area contributed by atoms with Gasteiger partial charge in [0.2, 0.25) is 0 Å². The Balaban J connectivity index is 1.44. The molecule has 3 aromatic carbocycles. The van der Waals surface area contributed by atoms with E-state index in [0.29, 0.717) is 30.0 Å². The highest BCUT2D eigenvalue weighted by Gasteiger charge is 2.25. The molecule has 1 aliphatic heterocycles. The lowest BCUT2D eigenvalue weighted by molar-refractivity contribution is 0.0949. The molecule has 0 fully saturated rings. The molecule has 0 saturated carbocycles. The van der Waals surface area contributed by atoms with Crippen LogP contribution in [0.3, 0.4) is 0 Å². The highest BCUT2D eigenvalue weighted by molar-refractivity contribution is 6.07. The molecule has 0 aromatic heterocycles. The van der Waals surface area contributed by atoms with E-state index < -0.39 is 0 Å². The zero-order valence-corrected chi connectivity index (χ0v) is 16.2. The average molecular weight is 386 g/mol. The van der Waals surface area contributed by atoms with Crippen LogP contribution in [0.25, 0.3) is 0 Å². The molecular weight excluding hydrogens is 364 g/mol. The summed E-state index contributed by atoms with van der Waals surface area (Å²) in [5, 5.41) is 2.94. The number of benzene rings is 3. The molecule has 3 aromatic rings. The van der Waals surface area contributed by atoms with Crippen LogP contribution < -0.4 is 15.0 Å². The Morgan fingerprint density at radius 1 is 0.966 bits per heavy atom. The van der Waals surface area contributed by atoms with Crippen LogP contribution in [-0.4, -0.2) is 25.5 Å². The average Bonchev–Trinajstić information content (AvgIpc) is 3.20. The van der Waals surface area contributed by atoms with Crippen molar-refractivity contribution in [1.82, 2.24) is 5.32 Å². The maximum atomic E-state index is 12.8. The zero-order valence-electron chi connectivity index (χ0n) is 16.2. The predicted molar refractivity (Wildman–Crippen MR) is 112 cm³/mol. The Morgan fingerprint density at radius 3 is 2.55 bits per heavy atom. The van der Waals surface area contributed by atoms with Gasteiger partial charge in [0, 0.05) is 29.9 Å². The summed E-state index contributed by atoms with van der Waals surface area (Å²) in [5.41, 5.74) is 4.33. The molecule has 0 atom stereocenters. The molecular formula is C24H22N2O3.